The van der Waals surface area contributed by atoms with Gasteiger partial charge in [0.1, 0.15) is 6.33 Å². The van der Waals surface area contributed by atoms with Crippen molar-refractivity contribution in [1.82, 2.24) is 25.0 Å². The van der Waals surface area contributed by atoms with E-state index in [2.05, 4.69) is 21.6 Å². The molecule has 4 rings (SSSR count). The SMILES string of the molecule is N[C@@H]1c2ccccc2C[C@H]1NC(=O)N1CCn2cnnc2C1. The lowest BCUT2D eigenvalue weighted by molar-refractivity contribution is 0.177. The van der Waals surface area contributed by atoms with Gasteiger partial charge in [0.25, 0.3) is 0 Å². The molecule has 0 spiro atoms. The van der Waals surface area contributed by atoms with Gasteiger partial charge in [0, 0.05) is 13.1 Å². The van der Waals surface area contributed by atoms with Crippen molar-refractivity contribution in [3.8, 4) is 0 Å². The number of nitrogens with two attached hydrogens (primary N) is 1. The molecule has 0 saturated heterocycles. The molecule has 1 aromatic carbocycles. The zero-order valence-electron chi connectivity index (χ0n) is 12.1. The van der Waals surface area contributed by atoms with E-state index in [-0.39, 0.29) is 18.1 Å². The second-order valence-electron chi connectivity index (χ2n) is 5.85. The standard InChI is InChI=1S/C15H18N6O/c16-14-11-4-2-1-3-10(11)7-12(14)18-15(22)20-5-6-21-9-17-19-13(21)8-20/h1-4,9,12,14H,5-8,16H2,(H,18,22)/t12-,14-/m1/s1. The molecule has 114 valence electrons. The van der Waals surface area contributed by atoms with Crippen LogP contribution in [0.15, 0.2) is 30.6 Å². The van der Waals surface area contributed by atoms with Crippen LogP contribution in [0.5, 0.6) is 0 Å². The minimum Gasteiger partial charge on any atom is -0.333 e. The molecule has 0 fully saturated rings. The highest BCUT2D eigenvalue weighted by Crippen LogP contribution is 2.29. The van der Waals surface area contributed by atoms with Gasteiger partial charge in [-0.15, -0.1) is 10.2 Å². The van der Waals surface area contributed by atoms with Gasteiger partial charge in [-0.05, 0) is 17.5 Å². The first-order chi connectivity index (χ1) is 10.7. The predicted molar refractivity (Wildman–Crippen MR) is 79.8 cm³/mol. The minimum absolute atomic E-state index is 0.0512. The van der Waals surface area contributed by atoms with Crippen molar-refractivity contribution in [3.05, 3.63) is 47.5 Å². The minimum atomic E-state index is -0.145. The fourth-order valence-electron chi connectivity index (χ4n) is 3.26. The van der Waals surface area contributed by atoms with Crippen molar-refractivity contribution in [3.63, 3.8) is 0 Å². The Labute approximate surface area is 128 Å². The third kappa shape index (κ3) is 2.14. The van der Waals surface area contributed by atoms with Crippen LogP contribution in [0.25, 0.3) is 0 Å². The van der Waals surface area contributed by atoms with E-state index in [1.165, 1.54) is 5.56 Å². The van der Waals surface area contributed by atoms with E-state index < -0.39 is 0 Å². The summed E-state index contributed by atoms with van der Waals surface area (Å²) in [7, 11) is 0. The Kier molecular flexibility index (Phi) is 3.07. The molecule has 1 aliphatic heterocycles. The number of hydrogen-bond acceptors (Lipinski definition) is 4. The summed E-state index contributed by atoms with van der Waals surface area (Å²) in [6.45, 7) is 1.87. The first-order valence-electron chi connectivity index (χ1n) is 7.48. The number of rotatable bonds is 1. The van der Waals surface area contributed by atoms with Crippen molar-refractivity contribution in [1.29, 1.82) is 0 Å². The maximum atomic E-state index is 12.5. The number of carbonyl (C=O) groups excluding carboxylic acids is 1. The van der Waals surface area contributed by atoms with E-state index in [9.17, 15) is 4.79 Å². The van der Waals surface area contributed by atoms with Crippen molar-refractivity contribution in [2.45, 2.75) is 31.6 Å². The third-order valence-corrected chi connectivity index (χ3v) is 4.52. The van der Waals surface area contributed by atoms with E-state index in [1.807, 2.05) is 22.8 Å². The largest absolute Gasteiger partial charge is 0.333 e. The van der Waals surface area contributed by atoms with Gasteiger partial charge in [0.2, 0.25) is 0 Å². The normalized spacial score (nSPS) is 23.0. The third-order valence-electron chi connectivity index (χ3n) is 4.52. The van der Waals surface area contributed by atoms with E-state index in [1.54, 1.807) is 11.2 Å². The Morgan fingerprint density at radius 3 is 3.05 bits per heavy atom. The van der Waals surface area contributed by atoms with Gasteiger partial charge in [-0.3, -0.25) is 0 Å². The van der Waals surface area contributed by atoms with Crippen LogP contribution in [0.2, 0.25) is 0 Å². The molecule has 0 unspecified atom stereocenters. The average molecular weight is 298 g/mol. The topological polar surface area (TPSA) is 89.1 Å². The van der Waals surface area contributed by atoms with Gasteiger partial charge in [0.15, 0.2) is 5.82 Å². The highest BCUT2D eigenvalue weighted by atomic mass is 16.2. The summed E-state index contributed by atoms with van der Waals surface area (Å²) in [6.07, 6.45) is 2.49. The molecule has 2 heterocycles. The first-order valence-corrected chi connectivity index (χ1v) is 7.48. The number of nitrogens with zero attached hydrogens (tertiary/aromatic N) is 4. The van der Waals surface area contributed by atoms with Gasteiger partial charge in [0.05, 0.1) is 18.6 Å². The van der Waals surface area contributed by atoms with Gasteiger partial charge in [-0.25, -0.2) is 4.79 Å². The highest BCUT2D eigenvalue weighted by molar-refractivity contribution is 5.75. The first kappa shape index (κ1) is 13.3. The quantitative estimate of drug-likeness (QED) is 0.799. The molecule has 1 aliphatic carbocycles. The van der Waals surface area contributed by atoms with Crippen LogP contribution < -0.4 is 11.1 Å². The van der Waals surface area contributed by atoms with Crippen molar-refractivity contribution >= 4 is 6.03 Å². The molecule has 2 aromatic rings. The van der Waals surface area contributed by atoms with E-state index >= 15 is 0 Å². The molecule has 2 aliphatic rings. The van der Waals surface area contributed by atoms with E-state index in [0.717, 1.165) is 24.4 Å². The Morgan fingerprint density at radius 1 is 1.32 bits per heavy atom. The molecule has 7 heteroatoms. The molecule has 7 nitrogen and oxygen atoms in total. The lowest BCUT2D eigenvalue weighted by atomic mass is 10.1. The van der Waals surface area contributed by atoms with Gasteiger partial charge in [-0.2, -0.15) is 0 Å². The second-order valence-corrected chi connectivity index (χ2v) is 5.85. The van der Waals surface area contributed by atoms with Crippen LogP contribution in [0.1, 0.15) is 23.0 Å². The molecule has 22 heavy (non-hydrogen) atoms. The Bertz CT molecular complexity index is 712. The van der Waals surface area contributed by atoms with Crippen LogP contribution in [-0.2, 0) is 19.5 Å². The molecular weight excluding hydrogens is 280 g/mol. The number of nitrogens with one attached hydrogen (secondary N) is 1. The summed E-state index contributed by atoms with van der Waals surface area (Å²) < 4.78 is 1.97. The van der Waals surface area contributed by atoms with Gasteiger partial charge < -0.3 is 20.5 Å². The monoisotopic (exact) mass is 298 g/mol. The van der Waals surface area contributed by atoms with Crippen molar-refractivity contribution in [2.75, 3.05) is 6.54 Å². The smallest absolute Gasteiger partial charge is 0.318 e. The Morgan fingerprint density at radius 2 is 2.18 bits per heavy atom. The molecule has 0 saturated carbocycles. The summed E-state index contributed by atoms with van der Waals surface area (Å²) in [6, 6.07) is 7.83. The van der Waals surface area contributed by atoms with Crippen LogP contribution in [-0.4, -0.2) is 38.3 Å². The molecular formula is C15H18N6O. The van der Waals surface area contributed by atoms with Crippen LogP contribution in [0, 0.1) is 0 Å². The van der Waals surface area contributed by atoms with Crippen molar-refractivity contribution in [2.24, 2.45) is 5.73 Å². The fraction of sp³-hybridized carbons (Fsp3) is 0.400. The molecule has 0 radical (unpaired) electrons. The molecule has 2 atom stereocenters. The number of carbonyl (C=O) groups is 1. The second kappa shape index (κ2) is 5.10. The van der Waals surface area contributed by atoms with Crippen LogP contribution >= 0.6 is 0 Å². The number of benzene rings is 1. The Hall–Kier alpha value is -2.41. The van der Waals surface area contributed by atoms with Gasteiger partial charge in [-0.1, -0.05) is 24.3 Å². The zero-order chi connectivity index (χ0) is 15.1. The zero-order valence-corrected chi connectivity index (χ0v) is 12.1. The fourth-order valence-corrected chi connectivity index (χ4v) is 3.26. The summed E-state index contributed by atoms with van der Waals surface area (Å²) in [5, 5.41) is 11.0. The number of aromatic nitrogens is 3. The summed E-state index contributed by atoms with van der Waals surface area (Å²) in [5.41, 5.74) is 8.62. The lowest BCUT2D eigenvalue weighted by Crippen LogP contribution is -2.49. The molecule has 0 bridgehead atoms. The number of urea groups is 1. The number of fused-ring (bicyclic) bond motifs is 2. The van der Waals surface area contributed by atoms with E-state index in [4.69, 9.17) is 5.73 Å². The Balaban J connectivity index is 1.44. The average Bonchev–Trinajstić information content (AvgIpc) is 3.12. The maximum Gasteiger partial charge on any atom is 0.318 e. The van der Waals surface area contributed by atoms with E-state index in [0.29, 0.717) is 13.1 Å². The van der Waals surface area contributed by atoms with Gasteiger partial charge >= 0.3 is 6.03 Å². The van der Waals surface area contributed by atoms with Crippen LogP contribution in [0.3, 0.4) is 0 Å². The lowest BCUT2D eigenvalue weighted by Gasteiger charge is -2.29. The summed E-state index contributed by atoms with van der Waals surface area (Å²) in [4.78, 5) is 14.2. The van der Waals surface area contributed by atoms with Crippen LogP contribution in [0.4, 0.5) is 4.79 Å². The summed E-state index contributed by atoms with van der Waals surface area (Å²) in [5.74, 6) is 0.820. The molecule has 1 aromatic heterocycles. The molecule has 3 N–H and O–H groups in total. The predicted octanol–water partition coefficient (Wildman–Crippen LogP) is 0.428. The maximum absolute atomic E-state index is 12.5. The number of amides is 2. The van der Waals surface area contributed by atoms with Crippen molar-refractivity contribution < 1.29 is 4.79 Å². The number of hydrogen-bond donors (Lipinski definition) is 2. The molecule has 2 amide bonds. The summed E-state index contributed by atoms with van der Waals surface area (Å²) >= 11 is 0. The highest BCUT2D eigenvalue weighted by Gasteiger charge is 2.32.